The highest BCUT2D eigenvalue weighted by Gasteiger charge is 2.76. The van der Waals surface area contributed by atoms with Crippen molar-refractivity contribution in [2.24, 2.45) is 28.6 Å². The van der Waals surface area contributed by atoms with E-state index in [2.05, 4.69) is 15.6 Å². The Morgan fingerprint density at radius 1 is 1.12 bits per heavy atom. The van der Waals surface area contributed by atoms with Crippen LogP contribution in [0.4, 0.5) is 0 Å². The van der Waals surface area contributed by atoms with Gasteiger partial charge in [-0.05, 0) is 85.7 Å². The number of hydrogen-bond acceptors (Lipinski definition) is 3. The predicted octanol–water partition coefficient (Wildman–Crippen LogP) is 3.88. The molecule has 5 saturated carbocycles. The van der Waals surface area contributed by atoms with Gasteiger partial charge in [0.2, 0.25) is 5.91 Å². The maximum Gasteiger partial charge on any atom is 0.268 e. The van der Waals surface area contributed by atoms with Crippen LogP contribution in [0.1, 0.15) is 80.4 Å². The van der Waals surface area contributed by atoms with Gasteiger partial charge in [0.25, 0.3) is 5.91 Å². The summed E-state index contributed by atoms with van der Waals surface area (Å²) in [6, 6.07) is 5.87. The van der Waals surface area contributed by atoms with Gasteiger partial charge in [-0.3, -0.25) is 14.0 Å². The number of nitrogens with zero attached hydrogens (tertiary/aromatic N) is 2. The van der Waals surface area contributed by atoms with Gasteiger partial charge in [-0.2, -0.15) is 0 Å². The molecule has 2 bridgehead atoms. The number of rotatable bonds is 6. The quantitative estimate of drug-likeness (QED) is 0.707. The fourth-order valence-electron chi connectivity index (χ4n) is 8.22. The predicted molar refractivity (Wildman–Crippen MR) is 125 cm³/mol. The molecular formula is C27H34N4O2. The molecule has 2 amide bonds. The van der Waals surface area contributed by atoms with Gasteiger partial charge < -0.3 is 10.6 Å². The molecule has 2 aromatic rings. The third-order valence-corrected chi connectivity index (χ3v) is 9.74. The number of hydrogen-bond donors (Lipinski definition) is 2. The molecule has 0 aromatic carbocycles. The van der Waals surface area contributed by atoms with Crippen molar-refractivity contribution in [3.8, 4) is 0 Å². The van der Waals surface area contributed by atoms with E-state index in [0.29, 0.717) is 16.5 Å². The minimum atomic E-state index is -0.0515. The molecule has 7 rings (SSSR count). The lowest BCUT2D eigenvalue weighted by Gasteiger charge is -2.36. The Hall–Kier alpha value is -2.37. The first-order chi connectivity index (χ1) is 16.0. The maximum atomic E-state index is 12.9. The number of nitrogens with one attached hydrogen (secondary N) is 2. The SMILES string of the molecule is O=C(Cc1cn2c(C(=O)NC3CCCCC3)cccc2n1)NCC12CC3CC3C3(CC3C1)C2. The second-order valence-corrected chi connectivity index (χ2v) is 12.0. The van der Waals surface area contributed by atoms with Crippen LogP contribution >= 0.6 is 0 Å². The molecular weight excluding hydrogens is 412 g/mol. The van der Waals surface area contributed by atoms with Crippen molar-refractivity contribution < 1.29 is 9.59 Å². The summed E-state index contributed by atoms with van der Waals surface area (Å²) < 4.78 is 1.84. The molecule has 2 aromatic heterocycles. The molecule has 33 heavy (non-hydrogen) atoms. The summed E-state index contributed by atoms with van der Waals surface area (Å²) in [5, 5.41) is 6.46. The highest BCUT2D eigenvalue weighted by atomic mass is 16.2. The van der Waals surface area contributed by atoms with Crippen molar-refractivity contribution in [3.05, 3.63) is 35.8 Å². The summed E-state index contributed by atoms with van der Waals surface area (Å²) in [5.74, 6) is 2.91. The summed E-state index contributed by atoms with van der Waals surface area (Å²) >= 11 is 0. The van der Waals surface area contributed by atoms with Crippen LogP contribution in [-0.2, 0) is 11.2 Å². The standard InChI is InChI=1S/C27H34N4O2/c32-24(28-16-26-11-17-9-21(17)27(15-26)13-18(27)12-26)10-20-14-31-22(7-4-8-23(31)29-20)25(33)30-19-5-2-1-3-6-19/h4,7-8,14,17-19,21H,1-3,5-6,9-13,15-16H2,(H,28,32)(H,30,33). The smallest absolute Gasteiger partial charge is 0.268 e. The molecule has 0 aliphatic heterocycles. The maximum absolute atomic E-state index is 12.9. The van der Waals surface area contributed by atoms with Crippen LogP contribution in [0.25, 0.3) is 5.65 Å². The van der Waals surface area contributed by atoms with Gasteiger partial charge in [0.15, 0.2) is 0 Å². The van der Waals surface area contributed by atoms with Gasteiger partial charge in [0, 0.05) is 18.8 Å². The zero-order valence-corrected chi connectivity index (χ0v) is 19.3. The van der Waals surface area contributed by atoms with E-state index in [1.165, 1.54) is 51.4 Å². The van der Waals surface area contributed by atoms with E-state index < -0.39 is 0 Å². The molecule has 5 fully saturated rings. The Labute approximate surface area is 194 Å². The van der Waals surface area contributed by atoms with Gasteiger partial charge in [-0.25, -0.2) is 4.98 Å². The second kappa shape index (κ2) is 7.07. The molecule has 5 aliphatic carbocycles. The summed E-state index contributed by atoms with van der Waals surface area (Å²) in [5.41, 5.74) is 3.08. The van der Waals surface area contributed by atoms with E-state index in [-0.39, 0.29) is 24.3 Å². The molecule has 6 heteroatoms. The first kappa shape index (κ1) is 20.0. The van der Waals surface area contributed by atoms with Crippen LogP contribution < -0.4 is 10.6 Å². The zero-order chi connectivity index (χ0) is 22.2. The molecule has 5 aliphatic rings. The summed E-state index contributed by atoms with van der Waals surface area (Å²) in [6.45, 7) is 0.829. The molecule has 174 valence electrons. The zero-order valence-electron chi connectivity index (χ0n) is 19.3. The fraction of sp³-hybridized carbons (Fsp3) is 0.667. The lowest BCUT2D eigenvalue weighted by Crippen LogP contribution is -2.40. The Balaban J connectivity index is 1.01. The van der Waals surface area contributed by atoms with Crippen molar-refractivity contribution in [1.29, 1.82) is 0 Å². The Morgan fingerprint density at radius 3 is 2.88 bits per heavy atom. The third-order valence-electron chi connectivity index (χ3n) is 9.74. The van der Waals surface area contributed by atoms with Crippen molar-refractivity contribution >= 4 is 17.5 Å². The summed E-state index contributed by atoms with van der Waals surface area (Å²) in [6.07, 6.45) is 14.8. The minimum Gasteiger partial charge on any atom is -0.355 e. The van der Waals surface area contributed by atoms with Crippen LogP contribution in [0.3, 0.4) is 0 Å². The average molecular weight is 447 g/mol. The normalized spacial score (nSPS) is 36.2. The number of fused-ring (bicyclic) bond motifs is 3. The lowest BCUT2D eigenvalue weighted by atomic mass is 9.71. The van der Waals surface area contributed by atoms with E-state index in [1.807, 2.05) is 28.8 Å². The number of aromatic nitrogens is 2. The highest BCUT2D eigenvalue weighted by molar-refractivity contribution is 5.93. The van der Waals surface area contributed by atoms with E-state index >= 15 is 0 Å². The summed E-state index contributed by atoms with van der Waals surface area (Å²) in [4.78, 5) is 30.4. The first-order valence-corrected chi connectivity index (χ1v) is 13.1. The molecule has 2 heterocycles. The number of imidazole rings is 1. The van der Waals surface area contributed by atoms with E-state index in [9.17, 15) is 9.59 Å². The fourth-order valence-corrected chi connectivity index (χ4v) is 8.22. The Kier molecular flexibility index (Phi) is 4.29. The molecule has 5 atom stereocenters. The van der Waals surface area contributed by atoms with Gasteiger partial charge in [0.05, 0.1) is 12.1 Å². The number of pyridine rings is 1. The second-order valence-electron chi connectivity index (χ2n) is 12.0. The van der Waals surface area contributed by atoms with Crippen molar-refractivity contribution in [2.75, 3.05) is 6.54 Å². The first-order valence-electron chi connectivity index (χ1n) is 13.1. The molecule has 5 unspecified atom stereocenters. The summed E-state index contributed by atoms with van der Waals surface area (Å²) in [7, 11) is 0. The molecule has 0 radical (unpaired) electrons. The third kappa shape index (κ3) is 3.31. The molecule has 6 nitrogen and oxygen atoms in total. The van der Waals surface area contributed by atoms with E-state index in [0.717, 1.165) is 48.5 Å². The molecule has 0 saturated heterocycles. The van der Waals surface area contributed by atoms with Crippen LogP contribution in [0.15, 0.2) is 24.4 Å². The number of carbonyl (C=O) groups is 2. The van der Waals surface area contributed by atoms with Crippen molar-refractivity contribution in [3.63, 3.8) is 0 Å². The Morgan fingerprint density at radius 2 is 2.00 bits per heavy atom. The van der Waals surface area contributed by atoms with E-state index in [4.69, 9.17) is 0 Å². The van der Waals surface area contributed by atoms with Crippen LogP contribution in [0.5, 0.6) is 0 Å². The van der Waals surface area contributed by atoms with E-state index in [1.54, 1.807) is 0 Å². The van der Waals surface area contributed by atoms with Gasteiger partial charge in [0.1, 0.15) is 11.3 Å². The largest absolute Gasteiger partial charge is 0.355 e. The monoisotopic (exact) mass is 446 g/mol. The topological polar surface area (TPSA) is 75.5 Å². The average Bonchev–Trinajstić information content (AvgIpc) is 3.65. The minimum absolute atomic E-state index is 0.0496. The van der Waals surface area contributed by atoms with Gasteiger partial charge >= 0.3 is 0 Å². The van der Waals surface area contributed by atoms with Crippen molar-refractivity contribution in [2.45, 2.75) is 76.7 Å². The van der Waals surface area contributed by atoms with Crippen LogP contribution in [0, 0.1) is 28.6 Å². The van der Waals surface area contributed by atoms with Crippen LogP contribution in [-0.4, -0.2) is 33.8 Å². The van der Waals surface area contributed by atoms with Gasteiger partial charge in [-0.15, -0.1) is 0 Å². The lowest BCUT2D eigenvalue weighted by molar-refractivity contribution is -0.121. The number of carbonyl (C=O) groups excluding carboxylic acids is 2. The molecule has 2 N–H and O–H groups in total. The molecule has 1 spiro atoms. The highest BCUT2D eigenvalue weighted by Crippen LogP contribution is 2.83. The van der Waals surface area contributed by atoms with Crippen LogP contribution in [0.2, 0.25) is 0 Å². The number of amides is 2. The van der Waals surface area contributed by atoms with Crippen molar-refractivity contribution in [1.82, 2.24) is 20.0 Å². The van der Waals surface area contributed by atoms with Gasteiger partial charge in [-0.1, -0.05) is 25.3 Å². The Bertz CT molecular complexity index is 1130.